The quantitative estimate of drug-likeness (QED) is 0.595. The van der Waals surface area contributed by atoms with Crippen LogP contribution in [0.4, 0.5) is 0 Å². The SMILES string of the molecule is C=C.Cc1cccc(-c2cccc(C)c2)c1. The monoisotopic (exact) mass is 210 g/mol. The van der Waals surface area contributed by atoms with E-state index in [9.17, 15) is 0 Å². The third-order valence-electron chi connectivity index (χ3n) is 2.37. The van der Waals surface area contributed by atoms with E-state index in [4.69, 9.17) is 0 Å². The van der Waals surface area contributed by atoms with Crippen LogP contribution >= 0.6 is 0 Å². The maximum absolute atomic E-state index is 3.00. The first kappa shape index (κ1) is 12.3. The van der Waals surface area contributed by atoms with Crippen molar-refractivity contribution in [3.63, 3.8) is 0 Å². The van der Waals surface area contributed by atoms with Crippen LogP contribution in [0.25, 0.3) is 11.1 Å². The van der Waals surface area contributed by atoms with Crippen molar-refractivity contribution in [3.05, 3.63) is 72.8 Å². The zero-order chi connectivity index (χ0) is 12.0. The normalized spacial score (nSPS) is 9.12. The Morgan fingerprint density at radius 1 is 0.688 bits per heavy atom. The number of rotatable bonds is 1. The third-order valence-corrected chi connectivity index (χ3v) is 2.37. The minimum Gasteiger partial charge on any atom is -0.106 e. The van der Waals surface area contributed by atoms with Gasteiger partial charge in [0.2, 0.25) is 0 Å². The molecule has 0 aromatic heterocycles. The summed E-state index contributed by atoms with van der Waals surface area (Å²) < 4.78 is 0. The molecular weight excluding hydrogens is 192 g/mol. The summed E-state index contributed by atoms with van der Waals surface area (Å²) in [4.78, 5) is 0. The Hall–Kier alpha value is -1.82. The summed E-state index contributed by atoms with van der Waals surface area (Å²) in [5.41, 5.74) is 5.22. The lowest BCUT2D eigenvalue weighted by Crippen LogP contribution is -1.80. The Labute approximate surface area is 98.3 Å². The first-order chi connectivity index (χ1) is 7.75. The summed E-state index contributed by atoms with van der Waals surface area (Å²) in [5, 5.41) is 0. The molecule has 0 bridgehead atoms. The van der Waals surface area contributed by atoms with E-state index < -0.39 is 0 Å². The van der Waals surface area contributed by atoms with Gasteiger partial charge in [-0.1, -0.05) is 59.7 Å². The van der Waals surface area contributed by atoms with Gasteiger partial charge in [-0.25, -0.2) is 0 Å². The Bertz CT molecular complexity index is 412. The van der Waals surface area contributed by atoms with E-state index in [0.717, 1.165) is 0 Å². The second kappa shape index (κ2) is 5.92. The molecule has 0 fully saturated rings. The molecule has 0 amide bonds. The maximum atomic E-state index is 3.00. The van der Waals surface area contributed by atoms with Crippen molar-refractivity contribution in [2.24, 2.45) is 0 Å². The molecule has 0 aliphatic carbocycles. The Kier molecular flexibility index (Phi) is 4.53. The summed E-state index contributed by atoms with van der Waals surface area (Å²) in [7, 11) is 0. The van der Waals surface area contributed by atoms with Gasteiger partial charge in [0.1, 0.15) is 0 Å². The third kappa shape index (κ3) is 3.09. The summed E-state index contributed by atoms with van der Waals surface area (Å²) in [6, 6.07) is 17.2. The van der Waals surface area contributed by atoms with E-state index in [2.05, 4.69) is 75.5 Å². The topological polar surface area (TPSA) is 0 Å². The van der Waals surface area contributed by atoms with Gasteiger partial charge in [0.15, 0.2) is 0 Å². The van der Waals surface area contributed by atoms with Crippen molar-refractivity contribution in [2.75, 3.05) is 0 Å². The predicted molar refractivity (Wildman–Crippen MR) is 72.6 cm³/mol. The molecular formula is C16H18. The zero-order valence-electron chi connectivity index (χ0n) is 10.0. The van der Waals surface area contributed by atoms with Gasteiger partial charge >= 0.3 is 0 Å². The highest BCUT2D eigenvalue weighted by Crippen LogP contribution is 2.20. The molecule has 0 aliphatic rings. The van der Waals surface area contributed by atoms with Crippen LogP contribution in [-0.4, -0.2) is 0 Å². The van der Waals surface area contributed by atoms with Crippen LogP contribution in [0.3, 0.4) is 0 Å². The van der Waals surface area contributed by atoms with Gasteiger partial charge in [-0.05, 0) is 25.0 Å². The van der Waals surface area contributed by atoms with E-state index in [0.29, 0.717) is 0 Å². The minimum absolute atomic E-state index is 1.30. The summed E-state index contributed by atoms with van der Waals surface area (Å²) in [6.07, 6.45) is 0. The second-order valence-corrected chi connectivity index (χ2v) is 3.74. The van der Waals surface area contributed by atoms with Crippen molar-refractivity contribution in [1.82, 2.24) is 0 Å². The average molecular weight is 210 g/mol. The molecule has 0 heteroatoms. The molecule has 2 rings (SSSR count). The Balaban J connectivity index is 0.000000606. The molecule has 16 heavy (non-hydrogen) atoms. The van der Waals surface area contributed by atoms with Crippen molar-refractivity contribution in [2.45, 2.75) is 13.8 Å². The molecule has 0 saturated heterocycles. The molecule has 0 atom stereocenters. The molecule has 0 radical (unpaired) electrons. The molecule has 2 aromatic rings. The molecule has 0 saturated carbocycles. The lowest BCUT2D eigenvalue weighted by Gasteiger charge is -2.03. The number of hydrogen-bond acceptors (Lipinski definition) is 0. The van der Waals surface area contributed by atoms with Gasteiger partial charge in [0.05, 0.1) is 0 Å². The highest BCUT2D eigenvalue weighted by atomic mass is 14.0. The van der Waals surface area contributed by atoms with Gasteiger partial charge in [-0.15, -0.1) is 13.2 Å². The van der Waals surface area contributed by atoms with Gasteiger partial charge in [-0.3, -0.25) is 0 Å². The van der Waals surface area contributed by atoms with E-state index >= 15 is 0 Å². The first-order valence-corrected chi connectivity index (χ1v) is 5.39. The van der Waals surface area contributed by atoms with E-state index in [1.807, 2.05) is 0 Å². The van der Waals surface area contributed by atoms with Crippen molar-refractivity contribution < 1.29 is 0 Å². The molecule has 0 heterocycles. The molecule has 0 spiro atoms. The molecule has 0 unspecified atom stereocenters. The minimum atomic E-state index is 1.30. The van der Waals surface area contributed by atoms with Gasteiger partial charge in [0.25, 0.3) is 0 Å². The fourth-order valence-electron chi connectivity index (χ4n) is 1.65. The van der Waals surface area contributed by atoms with Crippen LogP contribution in [0, 0.1) is 13.8 Å². The molecule has 0 aliphatic heterocycles. The van der Waals surface area contributed by atoms with Crippen LogP contribution in [-0.2, 0) is 0 Å². The highest BCUT2D eigenvalue weighted by molar-refractivity contribution is 5.64. The van der Waals surface area contributed by atoms with Crippen LogP contribution in [0.15, 0.2) is 61.7 Å². The molecule has 2 aromatic carbocycles. The van der Waals surface area contributed by atoms with Crippen molar-refractivity contribution >= 4 is 0 Å². The van der Waals surface area contributed by atoms with E-state index in [1.54, 1.807) is 0 Å². The number of benzene rings is 2. The molecule has 82 valence electrons. The van der Waals surface area contributed by atoms with Crippen molar-refractivity contribution in [3.8, 4) is 11.1 Å². The Morgan fingerprint density at radius 2 is 1.06 bits per heavy atom. The van der Waals surface area contributed by atoms with Crippen LogP contribution in [0.2, 0.25) is 0 Å². The van der Waals surface area contributed by atoms with Crippen molar-refractivity contribution in [1.29, 1.82) is 0 Å². The fourth-order valence-corrected chi connectivity index (χ4v) is 1.65. The lowest BCUT2D eigenvalue weighted by atomic mass is 10.0. The van der Waals surface area contributed by atoms with Gasteiger partial charge in [0, 0.05) is 0 Å². The Morgan fingerprint density at radius 3 is 1.38 bits per heavy atom. The fraction of sp³-hybridized carbons (Fsp3) is 0.125. The van der Waals surface area contributed by atoms with Crippen LogP contribution < -0.4 is 0 Å². The molecule has 0 nitrogen and oxygen atoms in total. The summed E-state index contributed by atoms with van der Waals surface area (Å²) in [5.74, 6) is 0. The van der Waals surface area contributed by atoms with Gasteiger partial charge < -0.3 is 0 Å². The summed E-state index contributed by atoms with van der Waals surface area (Å²) in [6.45, 7) is 10.2. The molecule has 0 N–H and O–H groups in total. The predicted octanol–water partition coefficient (Wildman–Crippen LogP) is 4.77. The van der Waals surface area contributed by atoms with Gasteiger partial charge in [-0.2, -0.15) is 0 Å². The standard InChI is InChI=1S/C14H14.C2H4/c1-11-5-3-7-13(9-11)14-8-4-6-12(2)10-14;1-2/h3-10H,1-2H3;1-2H2. The second-order valence-electron chi connectivity index (χ2n) is 3.74. The van der Waals surface area contributed by atoms with Crippen LogP contribution in [0.5, 0.6) is 0 Å². The van der Waals surface area contributed by atoms with Crippen LogP contribution in [0.1, 0.15) is 11.1 Å². The zero-order valence-corrected chi connectivity index (χ0v) is 10.0. The maximum Gasteiger partial charge on any atom is -0.0181 e. The summed E-state index contributed by atoms with van der Waals surface area (Å²) >= 11 is 0. The highest BCUT2D eigenvalue weighted by Gasteiger charge is 1.96. The smallest absolute Gasteiger partial charge is 0.0181 e. The van der Waals surface area contributed by atoms with E-state index in [1.165, 1.54) is 22.3 Å². The average Bonchev–Trinajstić information content (AvgIpc) is 2.32. The largest absolute Gasteiger partial charge is 0.106 e. The lowest BCUT2D eigenvalue weighted by molar-refractivity contribution is 1.44. The number of aryl methyl sites for hydroxylation is 2. The number of hydrogen-bond donors (Lipinski definition) is 0. The first-order valence-electron chi connectivity index (χ1n) is 5.39. The van der Waals surface area contributed by atoms with E-state index in [-0.39, 0.29) is 0 Å².